The summed E-state index contributed by atoms with van der Waals surface area (Å²) >= 11 is 0. The van der Waals surface area contributed by atoms with Crippen LogP contribution in [0.1, 0.15) is 31.5 Å². The molecule has 0 aliphatic carbocycles. The quantitative estimate of drug-likeness (QED) is 0.888. The Morgan fingerprint density at radius 2 is 1.64 bits per heavy atom. The molecule has 1 fully saturated rings. The van der Waals surface area contributed by atoms with E-state index in [-0.39, 0.29) is 0 Å². The highest BCUT2D eigenvalue weighted by atomic mass is 16.5. The van der Waals surface area contributed by atoms with E-state index in [0.717, 1.165) is 36.2 Å². The maximum atomic E-state index is 5.37. The van der Waals surface area contributed by atoms with Crippen LogP contribution in [-0.4, -0.2) is 37.3 Å². The molecule has 134 valence electrons. The largest absolute Gasteiger partial charge is 0.493 e. The van der Waals surface area contributed by atoms with E-state index >= 15 is 0 Å². The molecule has 0 bridgehead atoms. The number of benzene rings is 1. The van der Waals surface area contributed by atoms with Crippen LogP contribution in [0.15, 0.2) is 24.3 Å². The molecule has 1 N–H and O–H groups in total. The van der Waals surface area contributed by atoms with E-state index < -0.39 is 0 Å². The smallest absolute Gasteiger partial charge is 0.162 e. The number of nitrogens with zero attached hydrogens (tertiary/aromatic N) is 3. The summed E-state index contributed by atoms with van der Waals surface area (Å²) in [5.41, 5.74) is 0.901. The summed E-state index contributed by atoms with van der Waals surface area (Å²) in [6.45, 7) is 4.06. The van der Waals surface area contributed by atoms with Crippen LogP contribution in [0, 0.1) is 6.92 Å². The number of nitrogens with one attached hydrogen (secondary N) is 1. The van der Waals surface area contributed by atoms with Gasteiger partial charge >= 0.3 is 0 Å². The third kappa shape index (κ3) is 4.32. The highest BCUT2D eigenvalue weighted by Gasteiger charge is 2.13. The summed E-state index contributed by atoms with van der Waals surface area (Å²) in [6.07, 6.45) is 5.05. The first-order chi connectivity index (χ1) is 12.2. The van der Waals surface area contributed by atoms with Gasteiger partial charge in [-0.2, -0.15) is 0 Å². The number of hydrogen-bond acceptors (Lipinski definition) is 6. The van der Waals surface area contributed by atoms with Crippen molar-refractivity contribution in [1.29, 1.82) is 0 Å². The molecular formula is C19H26N4O2. The van der Waals surface area contributed by atoms with Gasteiger partial charge in [-0.05, 0) is 31.9 Å². The number of aryl methyl sites for hydroxylation is 1. The molecule has 0 unspecified atom stereocenters. The van der Waals surface area contributed by atoms with Crippen molar-refractivity contribution in [2.24, 2.45) is 0 Å². The Morgan fingerprint density at radius 1 is 0.920 bits per heavy atom. The standard InChI is InChI=1S/C19H26N4O2/c1-14-20-18(13-19(21-14)23-10-6-4-5-7-11-23)22-15-8-9-16(24-2)17(12-15)25-3/h8-9,12-13H,4-7,10-11H2,1-3H3,(H,20,21,22). The predicted octanol–water partition coefficient (Wildman–Crippen LogP) is 3.93. The molecule has 1 saturated heterocycles. The van der Waals surface area contributed by atoms with Crippen molar-refractivity contribution in [2.45, 2.75) is 32.6 Å². The summed E-state index contributed by atoms with van der Waals surface area (Å²) < 4.78 is 10.7. The Kier molecular flexibility index (Phi) is 5.58. The number of aromatic nitrogens is 2. The van der Waals surface area contributed by atoms with Gasteiger partial charge in [0.25, 0.3) is 0 Å². The maximum absolute atomic E-state index is 5.37. The van der Waals surface area contributed by atoms with Crippen molar-refractivity contribution in [3.8, 4) is 11.5 Å². The molecule has 2 heterocycles. The first-order valence-corrected chi connectivity index (χ1v) is 8.79. The first-order valence-electron chi connectivity index (χ1n) is 8.79. The Morgan fingerprint density at radius 3 is 2.32 bits per heavy atom. The monoisotopic (exact) mass is 342 g/mol. The molecule has 0 atom stereocenters. The third-order valence-corrected chi connectivity index (χ3v) is 4.41. The van der Waals surface area contributed by atoms with E-state index in [2.05, 4.69) is 20.2 Å². The second-order valence-electron chi connectivity index (χ2n) is 6.25. The van der Waals surface area contributed by atoms with Crippen LogP contribution in [0.3, 0.4) is 0 Å². The minimum atomic E-state index is 0.686. The van der Waals surface area contributed by atoms with E-state index in [9.17, 15) is 0 Å². The van der Waals surface area contributed by atoms with Crippen molar-refractivity contribution < 1.29 is 9.47 Å². The molecule has 25 heavy (non-hydrogen) atoms. The summed E-state index contributed by atoms with van der Waals surface area (Å²) in [4.78, 5) is 11.5. The van der Waals surface area contributed by atoms with Crippen molar-refractivity contribution in [1.82, 2.24) is 9.97 Å². The molecule has 1 aliphatic rings. The van der Waals surface area contributed by atoms with Gasteiger partial charge < -0.3 is 19.7 Å². The SMILES string of the molecule is COc1ccc(Nc2cc(N3CCCCCC3)nc(C)n2)cc1OC. The van der Waals surface area contributed by atoms with Crippen LogP contribution in [0.25, 0.3) is 0 Å². The zero-order chi connectivity index (χ0) is 17.6. The Balaban J connectivity index is 1.82. The Bertz CT molecular complexity index is 713. The summed E-state index contributed by atoms with van der Waals surface area (Å²) in [7, 11) is 3.26. The fourth-order valence-corrected chi connectivity index (χ4v) is 3.14. The number of ether oxygens (including phenoxy) is 2. The van der Waals surface area contributed by atoms with Crippen LogP contribution < -0.4 is 19.7 Å². The summed E-state index contributed by atoms with van der Waals surface area (Å²) in [5, 5.41) is 3.35. The minimum absolute atomic E-state index is 0.686. The van der Waals surface area contributed by atoms with E-state index in [1.807, 2.05) is 31.2 Å². The minimum Gasteiger partial charge on any atom is -0.493 e. The van der Waals surface area contributed by atoms with Crippen LogP contribution in [0.2, 0.25) is 0 Å². The van der Waals surface area contributed by atoms with Crippen molar-refractivity contribution >= 4 is 17.3 Å². The topological polar surface area (TPSA) is 59.5 Å². The highest BCUT2D eigenvalue weighted by Crippen LogP contribution is 2.31. The predicted molar refractivity (Wildman–Crippen MR) is 100 cm³/mol. The highest BCUT2D eigenvalue weighted by molar-refractivity contribution is 5.63. The lowest BCUT2D eigenvalue weighted by Gasteiger charge is -2.22. The first kappa shape index (κ1) is 17.3. The van der Waals surface area contributed by atoms with Crippen molar-refractivity contribution in [2.75, 3.05) is 37.5 Å². The van der Waals surface area contributed by atoms with Gasteiger partial charge in [0, 0.05) is 30.9 Å². The summed E-state index contributed by atoms with van der Waals surface area (Å²) in [5.74, 6) is 3.95. The molecule has 0 saturated carbocycles. The van der Waals surface area contributed by atoms with Gasteiger partial charge in [-0.1, -0.05) is 12.8 Å². The van der Waals surface area contributed by atoms with E-state index in [0.29, 0.717) is 11.5 Å². The van der Waals surface area contributed by atoms with Crippen LogP contribution in [0.4, 0.5) is 17.3 Å². The van der Waals surface area contributed by atoms with Gasteiger partial charge in [-0.15, -0.1) is 0 Å². The third-order valence-electron chi connectivity index (χ3n) is 4.41. The number of methoxy groups -OCH3 is 2. The molecule has 1 aromatic heterocycles. The van der Waals surface area contributed by atoms with Crippen LogP contribution in [0.5, 0.6) is 11.5 Å². The maximum Gasteiger partial charge on any atom is 0.162 e. The molecule has 3 rings (SSSR count). The molecule has 0 amide bonds. The molecule has 6 heteroatoms. The van der Waals surface area contributed by atoms with Gasteiger partial charge in [0.1, 0.15) is 17.5 Å². The Hall–Kier alpha value is -2.50. The van der Waals surface area contributed by atoms with E-state index in [4.69, 9.17) is 9.47 Å². The molecule has 0 spiro atoms. The van der Waals surface area contributed by atoms with Crippen molar-refractivity contribution in [3.05, 3.63) is 30.1 Å². The normalized spacial score (nSPS) is 14.8. The summed E-state index contributed by atoms with van der Waals surface area (Å²) in [6, 6.07) is 7.76. The van der Waals surface area contributed by atoms with Gasteiger partial charge in [0.05, 0.1) is 14.2 Å². The van der Waals surface area contributed by atoms with Crippen LogP contribution in [-0.2, 0) is 0 Å². The van der Waals surface area contributed by atoms with Gasteiger partial charge in [-0.3, -0.25) is 0 Å². The van der Waals surface area contributed by atoms with Gasteiger partial charge in [0.15, 0.2) is 11.5 Å². The van der Waals surface area contributed by atoms with Crippen LogP contribution >= 0.6 is 0 Å². The van der Waals surface area contributed by atoms with Gasteiger partial charge in [0.2, 0.25) is 0 Å². The molecular weight excluding hydrogens is 316 g/mol. The van der Waals surface area contributed by atoms with Crippen molar-refractivity contribution in [3.63, 3.8) is 0 Å². The molecule has 0 radical (unpaired) electrons. The van der Waals surface area contributed by atoms with E-state index in [1.54, 1.807) is 14.2 Å². The lowest BCUT2D eigenvalue weighted by atomic mass is 10.2. The van der Waals surface area contributed by atoms with Gasteiger partial charge in [-0.25, -0.2) is 9.97 Å². The zero-order valence-electron chi connectivity index (χ0n) is 15.2. The molecule has 1 aromatic carbocycles. The molecule has 1 aliphatic heterocycles. The molecule has 6 nitrogen and oxygen atoms in total. The number of rotatable bonds is 5. The fraction of sp³-hybridized carbons (Fsp3) is 0.474. The second kappa shape index (κ2) is 8.05. The van der Waals surface area contributed by atoms with E-state index in [1.165, 1.54) is 25.7 Å². The average molecular weight is 342 g/mol. The number of anilines is 3. The lowest BCUT2D eigenvalue weighted by Crippen LogP contribution is -2.25. The average Bonchev–Trinajstić information content (AvgIpc) is 2.90. The molecule has 2 aromatic rings. The fourth-order valence-electron chi connectivity index (χ4n) is 3.14. The zero-order valence-corrected chi connectivity index (χ0v) is 15.2. The second-order valence-corrected chi connectivity index (χ2v) is 6.25. The lowest BCUT2D eigenvalue weighted by molar-refractivity contribution is 0.355. The Labute approximate surface area is 149 Å². The number of hydrogen-bond donors (Lipinski definition) is 1.